The molecule has 0 saturated heterocycles. The van der Waals surface area contributed by atoms with Crippen molar-refractivity contribution in [2.75, 3.05) is 5.73 Å². The van der Waals surface area contributed by atoms with Crippen LogP contribution in [-0.4, -0.2) is 21.6 Å². The van der Waals surface area contributed by atoms with Gasteiger partial charge in [0, 0.05) is 5.92 Å². The number of imidazole rings is 1. The molecule has 0 aliphatic heterocycles. The lowest BCUT2D eigenvalue weighted by molar-refractivity contribution is -0.151. The van der Waals surface area contributed by atoms with Crippen molar-refractivity contribution in [3.63, 3.8) is 0 Å². The Morgan fingerprint density at radius 1 is 1.32 bits per heavy atom. The molecule has 1 heterocycles. The number of nitrogens with two attached hydrogens (primary N) is 1. The Kier molecular flexibility index (Phi) is 4.74. The number of nitrogen functional groups attached to an aromatic ring is 1. The second-order valence-corrected chi connectivity index (χ2v) is 6.12. The average Bonchev–Trinajstić information content (AvgIpc) is 2.80. The summed E-state index contributed by atoms with van der Waals surface area (Å²) < 4.78 is 7.41. The maximum atomic E-state index is 12.5. The second-order valence-electron chi connectivity index (χ2n) is 6.12. The maximum Gasteiger partial charge on any atom is 0.329 e. The Morgan fingerprint density at radius 3 is 2.55 bits per heavy atom. The first kappa shape index (κ1) is 16.3. The Bertz CT molecular complexity index is 674. The number of aromatic nitrogens is 2. The topological polar surface area (TPSA) is 70.1 Å². The van der Waals surface area contributed by atoms with Gasteiger partial charge in [-0.05, 0) is 32.4 Å². The first-order chi connectivity index (χ1) is 10.4. The third-order valence-corrected chi connectivity index (χ3v) is 3.62. The van der Waals surface area contributed by atoms with Crippen LogP contribution in [0.25, 0.3) is 11.0 Å². The van der Waals surface area contributed by atoms with E-state index in [4.69, 9.17) is 10.5 Å². The highest BCUT2D eigenvalue weighted by Gasteiger charge is 2.27. The van der Waals surface area contributed by atoms with Gasteiger partial charge >= 0.3 is 5.97 Å². The highest BCUT2D eigenvalue weighted by molar-refractivity contribution is 5.89. The maximum absolute atomic E-state index is 12.5. The molecule has 1 aromatic heterocycles. The number of hydrogen-bond donors (Lipinski definition) is 1. The van der Waals surface area contributed by atoms with E-state index in [2.05, 4.69) is 18.8 Å². The monoisotopic (exact) mass is 303 g/mol. The highest BCUT2D eigenvalue weighted by atomic mass is 16.5. The van der Waals surface area contributed by atoms with E-state index in [1.165, 1.54) is 0 Å². The first-order valence-electron chi connectivity index (χ1n) is 7.83. The molecule has 0 aliphatic rings. The molecule has 120 valence electrons. The number of rotatable bonds is 5. The predicted octanol–water partition coefficient (Wildman–Crippen LogP) is 3.64. The van der Waals surface area contributed by atoms with E-state index in [-0.39, 0.29) is 24.0 Å². The van der Waals surface area contributed by atoms with Gasteiger partial charge in [0.1, 0.15) is 17.4 Å². The number of hydrogen-bond acceptors (Lipinski definition) is 4. The zero-order valence-electron chi connectivity index (χ0n) is 14.0. The minimum absolute atomic E-state index is 0.135. The number of para-hydroxylation sites is 1. The summed E-state index contributed by atoms with van der Waals surface area (Å²) in [5.74, 6) is 0.828. The van der Waals surface area contributed by atoms with Crippen LogP contribution in [0.1, 0.15) is 58.8 Å². The van der Waals surface area contributed by atoms with Gasteiger partial charge in [-0.3, -0.25) is 0 Å². The predicted molar refractivity (Wildman–Crippen MR) is 88.8 cm³/mol. The van der Waals surface area contributed by atoms with E-state index >= 15 is 0 Å². The van der Waals surface area contributed by atoms with Gasteiger partial charge < -0.3 is 15.0 Å². The number of esters is 1. The largest absolute Gasteiger partial charge is 0.461 e. The lowest BCUT2D eigenvalue weighted by Gasteiger charge is -2.21. The molecular formula is C17H25N3O2. The Hall–Kier alpha value is -2.04. The number of fused-ring (bicyclic) bond motifs is 1. The van der Waals surface area contributed by atoms with Crippen molar-refractivity contribution in [1.82, 2.24) is 9.55 Å². The average molecular weight is 303 g/mol. The summed E-state index contributed by atoms with van der Waals surface area (Å²) in [5, 5.41) is 0. The zero-order valence-corrected chi connectivity index (χ0v) is 14.0. The Labute approximate surface area is 131 Å². The third kappa shape index (κ3) is 2.93. The number of ether oxygens (including phenoxy) is 1. The van der Waals surface area contributed by atoms with Gasteiger partial charge in [0.15, 0.2) is 0 Å². The molecule has 1 aromatic carbocycles. The molecule has 2 rings (SSSR count). The van der Waals surface area contributed by atoms with Crippen LogP contribution in [0.4, 0.5) is 5.69 Å². The fraction of sp³-hybridized carbons (Fsp3) is 0.529. The van der Waals surface area contributed by atoms with Crippen molar-refractivity contribution >= 4 is 22.7 Å². The zero-order chi connectivity index (χ0) is 16.4. The van der Waals surface area contributed by atoms with Crippen LogP contribution in [0.2, 0.25) is 0 Å². The molecule has 0 fully saturated rings. The Balaban J connectivity index is 2.63. The molecular weight excluding hydrogens is 278 g/mol. The van der Waals surface area contributed by atoms with Crippen molar-refractivity contribution in [2.24, 2.45) is 0 Å². The minimum atomic E-state index is -0.383. The molecule has 1 atom stereocenters. The SMILES string of the molecule is CCC(C(=O)OC(C)C)n1c(C(C)C)nc2c(N)cccc21. The van der Waals surface area contributed by atoms with Crippen molar-refractivity contribution in [2.45, 2.75) is 59.1 Å². The summed E-state index contributed by atoms with van der Waals surface area (Å²) in [7, 11) is 0. The van der Waals surface area contributed by atoms with Crippen molar-refractivity contribution in [3.05, 3.63) is 24.0 Å². The van der Waals surface area contributed by atoms with Crippen molar-refractivity contribution in [3.8, 4) is 0 Å². The van der Waals surface area contributed by atoms with Gasteiger partial charge in [-0.25, -0.2) is 9.78 Å². The summed E-state index contributed by atoms with van der Waals surface area (Å²) in [6.45, 7) is 9.83. The van der Waals surface area contributed by atoms with E-state index in [1.54, 1.807) is 0 Å². The fourth-order valence-corrected chi connectivity index (χ4v) is 2.66. The van der Waals surface area contributed by atoms with Gasteiger partial charge in [0.2, 0.25) is 0 Å². The molecule has 0 aliphatic carbocycles. The molecule has 0 radical (unpaired) electrons. The van der Waals surface area contributed by atoms with E-state index in [0.717, 1.165) is 16.9 Å². The number of anilines is 1. The van der Waals surface area contributed by atoms with Crippen LogP contribution in [-0.2, 0) is 9.53 Å². The van der Waals surface area contributed by atoms with Gasteiger partial charge in [-0.2, -0.15) is 0 Å². The number of benzene rings is 1. The first-order valence-corrected chi connectivity index (χ1v) is 7.83. The molecule has 5 heteroatoms. The lowest BCUT2D eigenvalue weighted by atomic mass is 10.1. The standard InChI is InChI=1S/C17H25N3O2/c1-6-13(17(21)22-11(4)5)20-14-9-7-8-12(18)15(14)19-16(20)10(2)3/h7-11,13H,6,18H2,1-5H3. The smallest absolute Gasteiger partial charge is 0.329 e. The number of carbonyl (C=O) groups excluding carboxylic acids is 1. The van der Waals surface area contributed by atoms with E-state index in [9.17, 15) is 4.79 Å². The molecule has 2 N–H and O–H groups in total. The Morgan fingerprint density at radius 2 is 2.00 bits per heavy atom. The molecule has 0 spiro atoms. The van der Waals surface area contributed by atoms with Crippen LogP contribution in [0, 0.1) is 0 Å². The van der Waals surface area contributed by atoms with Crippen molar-refractivity contribution < 1.29 is 9.53 Å². The molecule has 1 unspecified atom stereocenters. The third-order valence-electron chi connectivity index (χ3n) is 3.62. The fourth-order valence-electron chi connectivity index (χ4n) is 2.66. The summed E-state index contributed by atoms with van der Waals surface area (Å²) in [4.78, 5) is 17.2. The summed E-state index contributed by atoms with van der Waals surface area (Å²) in [6, 6.07) is 5.29. The van der Waals surface area contributed by atoms with Crippen molar-refractivity contribution in [1.29, 1.82) is 0 Å². The van der Waals surface area contributed by atoms with Gasteiger partial charge in [0.25, 0.3) is 0 Å². The van der Waals surface area contributed by atoms with Gasteiger partial charge in [-0.1, -0.05) is 26.8 Å². The van der Waals surface area contributed by atoms with E-state index in [1.807, 2.05) is 43.5 Å². The molecule has 0 amide bonds. The minimum Gasteiger partial charge on any atom is -0.461 e. The van der Waals surface area contributed by atoms with Crippen LogP contribution >= 0.6 is 0 Å². The van der Waals surface area contributed by atoms with Crippen LogP contribution in [0.3, 0.4) is 0 Å². The summed E-state index contributed by atoms with van der Waals surface area (Å²) >= 11 is 0. The summed E-state index contributed by atoms with van der Waals surface area (Å²) in [6.07, 6.45) is 0.509. The van der Waals surface area contributed by atoms with Gasteiger partial charge in [-0.15, -0.1) is 0 Å². The molecule has 5 nitrogen and oxygen atoms in total. The van der Waals surface area contributed by atoms with Crippen LogP contribution < -0.4 is 5.73 Å². The summed E-state index contributed by atoms with van der Waals surface area (Å²) in [5.41, 5.74) is 8.31. The van der Waals surface area contributed by atoms with Crippen LogP contribution in [0.5, 0.6) is 0 Å². The van der Waals surface area contributed by atoms with Crippen LogP contribution in [0.15, 0.2) is 18.2 Å². The lowest BCUT2D eigenvalue weighted by Crippen LogP contribution is -2.25. The normalized spacial score (nSPS) is 13.0. The second kappa shape index (κ2) is 6.38. The molecule has 22 heavy (non-hydrogen) atoms. The number of nitrogens with zero attached hydrogens (tertiary/aromatic N) is 2. The highest BCUT2D eigenvalue weighted by Crippen LogP contribution is 2.30. The van der Waals surface area contributed by atoms with Gasteiger partial charge in [0.05, 0.1) is 17.3 Å². The molecule has 2 aromatic rings. The number of carbonyl (C=O) groups is 1. The van der Waals surface area contributed by atoms with E-state index < -0.39 is 0 Å². The van der Waals surface area contributed by atoms with E-state index in [0.29, 0.717) is 12.1 Å². The molecule has 0 saturated carbocycles. The molecule has 0 bridgehead atoms. The quantitative estimate of drug-likeness (QED) is 0.676.